The fourth-order valence-corrected chi connectivity index (χ4v) is 3.18. The molecule has 0 saturated carbocycles. The number of hydrogen-bond donors (Lipinski definition) is 0. The van der Waals surface area contributed by atoms with Gasteiger partial charge in [-0.2, -0.15) is 0 Å². The van der Waals surface area contributed by atoms with Crippen LogP contribution >= 0.6 is 0 Å². The van der Waals surface area contributed by atoms with Crippen LogP contribution < -0.4 is 9.64 Å². The summed E-state index contributed by atoms with van der Waals surface area (Å²) in [5.74, 6) is 1.70. The van der Waals surface area contributed by atoms with Crippen molar-refractivity contribution in [3.63, 3.8) is 0 Å². The molecule has 1 aromatic carbocycles. The highest BCUT2D eigenvalue weighted by Gasteiger charge is 2.33. The predicted molar refractivity (Wildman–Crippen MR) is 103 cm³/mol. The number of anilines is 1. The van der Waals surface area contributed by atoms with E-state index in [1.54, 1.807) is 10.7 Å². The number of rotatable bonds is 5. The SMILES string of the molecule is CC(C)Oc1ccc(C(=O)N(C)C2CN(c3ccc4nccn4n3)C2)cc1. The van der Waals surface area contributed by atoms with Gasteiger partial charge in [-0.05, 0) is 50.2 Å². The van der Waals surface area contributed by atoms with Crippen LogP contribution in [-0.4, -0.2) is 57.7 Å². The minimum absolute atomic E-state index is 0.0220. The van der Waals surface area contributed by atoms with Gasteiger partial charge in [0.2, 0.25) is 0 Å². The molecule has 0 atom stereocenters. The van der Waals surface area contributed by atoms with E-state index in [1.807, 2.05) is 68.4 Å². The lowest BCUT2D eigenvalue weighted by Crippen LogP contribution is -2.60. The molecule has 0 unspecified atom stereocenters. The molecule has 0 radical (unpaired) electrons. The molecule has 140 valence electrons. The van der Waals surface area contributed by atoms with Gasteiger partial charge in [-0.3, -0.25) is 4.79 Å². The average Bonchev–Trinajstić information content (AvgIpc) is 3.08. The molecule has 4 rings (SSSR count). The molecule has 3 aromatic rings. The maximum absolute atomic E-state index is 12.7. The Bertz CT molecular complexity index is 944. The lowest BCUT2D eigenvalue weighted by molar-refractivity contribution is 0.0705. The first-order valence-corrected chi connectivity index (χ1v) is 9.10. The molecule has 1 aliphatic rings. The van der Waals surface area contributed by atoms with Crippen molar-refractivity contribution in [3.8, 4) is 5.75 Å². The zero-order valence-corrected chi connectivity index (χ0v) is 15.7. The summed E-state index contributed by atoms with van der Waals surface area (Å²) in [5.41, 5.74) is 1.50. The van der Waals surface area contributed by atoms with E-state index in [-0.39, 0.29) is 18.1 Å². The molecule has 0 bridgehead atoms. The minimum Gasteiger partial charge on any atom is -0.491 e. The summed E-state index contributed by atoms with van der Waals surface area (Å²) in [4.78, 5) is 20.9. The van der Waals surface area contributed by atoms with Crippen molar-refractivity contribution in [1.29, 1.82) is 0 Å². The van der Waals surface area contributed by atoms with Crippen LogP contribution in [0.4, 0.5) is 5.82 Å². The van der Waals surface area contributed by atoms with Crippen LogP contribution in [0.15, 0.2) is 48.8 Å². The predicted octanol–water partition coefficient (Wildman–Crippen LogP) is 2.48. The highest BCUT2D eigenvalue weighted by atomic mass is 16.5. The van der Waals surface area contributed by atoms with Gasteiger partial charge in [-0.1, -0.05) is 0 Å². The molecule has 3 heterocycles. The van der Waals surface area contributed by atoms with Crippen molar-refractivity contribution >= 4 is 17.4 Å². The summed E-state index contributed by atoms with van der Waals surface area (Å²) in [6.45, 7) is 5.50. The third-order valence-corrected chi connectivity index (χ3v) is 4.77. The van der Waals surface area contributed by atoms with Crippen molar-refractivity contribution in [2.45, 2.75) is 26.0 Å². The highest BCUT2D eigenvalue weighted by molar-refractivity contribution is 5.94. The maximum Gasteiger partial charge on any atom is 0.253 e. The first kappa shape index (κ1) is 17.3. The fourth-order valence-electron chi connectivity index (χ4n) is 3.18. The molecule has 0 aliphatic carbocycles. The molecule has 1 fully saturated rings. The van der Waals surface area contributed by atoms with Gasteiger partial charge in [-0.15, -0.1) is 5.10 Å². The first-order valence-electron chi connectivity index (χ1n) is 9.10. The van der Waals surface area contributed by atoms with Gasteiger partial charge in [0.15, 0.2) is 5.65 Å². The number of ether oxygens (including phenoxy) is 1. The zero-order valence-electron chi connectivity index (χ0n) is 15.7. The van der Waals surface area contributed by atoms with E-state index >= 15 is 0 Å². The van der Waals surface area contributed by atoms with Gasteiger partial charge in [0.1, 0.15) is 11.6 Å². The van der Waals surface area contributed by atoms with Gasteiger partial charge < -0.3 is 14.5 Å². The number of carbonyl (C=O) groups is 1. The normalized spacial score (nSPS) is 14.4. The minimum atomic E-state index is 0.0220. The van der Waals surface area contributed by atoms with Gasteiger partial charge in [0.25, 0.3) is 5.91 Å². The number of aromatic nitrogens is 3. The Morgan fingerprint density at radius 1 is 1.19 bits per heavy atom. The van der Waals surface area contributed by atoms with Crippen LogP contribution in [-0.2, 0) is 0 Å². The summed E-state index contributed by atoms with van der Waals surface area (Å²) >= 11 is 0. The fraction of sp³-hybridized carbons (Fsp3) is 0.350. The summed E-state index contributed by atoms with van der Waals surface area (Å²) < 4.78 is 7.39. The second kappa shape index (κ2) is 6.90. The van der Waals surface area contributed by atoms with Gasteiger partial charge in [0, 0.05) is 38.1 Å². The Hall–Kier alpha value is -3.09. The van der Waals surface area contributed by atoms with E-state index in [9.17, 15) is 4.79 Å². The quantitative estimate of drug-likeness (QED) is 0.695. The molecular formula is C20H23N5O2. The Morgan fingerprint density at radius 3 is 2.63 bits per heavy atom. The topological polar surface area (TPSA) is 63.0 Å². The molecule has 1 aliphatic heterocycles. The number of nitrogens with zero attached hydrogens (tertiary/aromatic N) is 5. The zero-order chi connectivity index (χ0) is 19.0. The molecule has 1 amide bonds. The smallest absolute Gasteiger partial charge is 0.253 e. The summed E-state index contributed by atoms with van der Waals surface area (Å²) in [6.07, 6.45) is 3.68. The van der Waals surface area contributed by atoms with Crippen LogP contribution in [0.2, 0.25) is 0 Å². The van der Waals surface area contributed by atoms with Crippen LogP contribution in [0, 0.1) is 0 Å². The van der Waals surface area contributed by atoms with E-state index < -0.39 is 0 Å². The Balaban J connectivity index is 1.37. The number of benzene rings is 1. The van der Waals surface area contributed by atoms with E-state index in [0.717, 1.165) is 30.3 Å². The standard InChI is InChI=1S/C20H23N5O2/c1-14(2)27-17-6-4-15(5-7-17)20(26)23(3)16-12-24(13-16)19-9-8-18-21-10-11-25(18)22-19/h4-11,14,16H,12-13H2,1-3H3. The summed E-state index contributed by atoms with van der Waals surface area (Å²) in [5, 5.41) is 4.55. The van der Waals surface area contributed by atoms with Crippen LogP contribution in [0.1, 0.15) is 24.2 Å². The van der Waals surface area contributed by atoms with Crippen molar-refractivity contribution in [2.75, 3.05) is 25.0 Å². The lowest BCUT2D eigenvalue weighted by atomic mass is 10.1. The number of likely N-dealkylation sites (N-methyl/N-ethyl adjacent to an activating group) is 1. The number of imidazole rings is 1. The van der Waals surface area contributed by atoms with E-state index in [2.05, 4.69) is 15.0 Å². The summed E-state index contributed by atoms with van der Waals surface area (Å²) in [6, 6.07) is 11.4. The second-order valence-electron chi connectivity index (χ2n) is 7.09. The second-order valence-corrected chi connectivity index (χ2v) is 7.09. The molecular weight excluding hydrogens is 342 g/mol. The average molecular weight is 365 g/mol. The third kappa shape index (κ3) is 3.45. The Morgan fingerprint density at radius 2 is 1.93 bits per heavy atom. The summed E-state index contributed by atoms with van der Waals surface area (Å²) in [7, 11) is 1.86. The molecule has 0 N–H and O–H groups in total. The molecule has 7 heteroatoms. The van der Waals surface area contributed by atoms with Crippen molar-refractivity contribution in [1.82, 2.24) is 19.5 Å². The Labute approximate surface area is 158 Å². The van der Waals surface area contributed by atoms with Crippen molar-refractivity contribution in [2.24, 2.45) is 0 Å². The molecule has 1 saturated heterocycles. The van der Waals surface area contributed by atoms with Crippen molar-refractivity contribution < 1.29 is 9.53 Å². The largest absolute Gasteiger partial charge is 0.491 e. The lowest BCUT2D eigenvalue weighted by Gasteiger charge is -2.44. The number of carbonyl (C=O) groups excluding carboxylic acids is 1. The van der Waals surface area contributed by atoms with Crippen LogP contribution in [0.5, 0.6) is 5.75 Å². The third-order valence-electron chi connectivity index (χ3n) is 4.77. The van der Waals surface area contributed by atoms with Gasteiger partial charge in [0.05, 0.1) is 12.1 Å². The molecule has 7 nitrogen and oxygen atoms in total. The number of fused-ring (bicyclic) bond motifs is 1. The maximum atomic E-state index is 12.7. The van der Waals surface area contributed by atoms with Gasteiger partial charge >= 0.3 is 0 Å². The van der Waals surface area contributed by atoms with E-state index in [0.29, 0.717) is 5.56 Å². The van der Waals surface area contributed by atoms with Crippen molar-refractivity contribution in [3.05, 3.63) is 54.4 Å². The van der Waals surface area contributed by atoms with Crippen LogP contribution in [0.3, 0.4) is 0 Å². The van der Waals surface area contributed by atoms with E-state index in [1.165, 1.54) is 0 Å². The van der Waals surface area contributed by atoms with Gasteiger partial charge in [-0.25, -0.2) is 9.50 Å². The highest BCUT2D eigenvalue weighted by Crippen LogP contribution is 2.23. The number of hydrogen-bond acceptors (Lipinski definition) is 5. The number of amides is 1. The molecule has 0 spiro atoms. The first-order chi connectivity index (χ1) is 13.0. The molecule has 27 heavy (non-hydrogen) atoms. The monoisotopic (exact) mass is 365 g/mol. The van der Waals surface area contributed by atoms with E-state index in [4.69, 9.17) is 4.74 Å². The molecule has 2 aromatic heterocycles. The Kier molecular flexibility index (Phi) is 4.43. The van der Waals surface area contributed by atoms with Crippen LogP contribution in [0.25, 0.3) is 5.65 Å².